The maximum atomic E-state index is 12.1. The van der Waals surface area contributed by atoms with Crippen LogP contribution in [0.4, 0.5) is 0 Å². The molecule has 4 aromatic carbocycles. The summed E-state index contributed by atoms with van der Waals surface area (Å²) in [4.78, 5) is 3.22. The normalized spacial score (nSPS) is 32.4. The monoisotopic (exact) mass is 963 g/mol. The van der Waals surface area contributed by atoms with Crippen molar-refractivity contribution < 1.29 is 52.3 Å². The minimum Gasteiger partial charge on any atom is -0.405 e. The lowest BCUT2D eigenvalue weighted by atomic mass is 9.91. The molecule has 3 fully saturated rings. The van der Waals surface area contributed by atoms with Gasteiger partial charge in [0.2, 0.25) is 0 Å². The van der Waals surface area contributed by atoms with Crippen LogP contribution in [0.1, 0.15) is 59.6 Å². The van der Waals surface area contributed by atoms with Crippen LogP contribution in [-0.2, 0) is 55.3 Å². The second-order valence-electron chi connectivity index (χ2n) is 19.0. The quantitative estimate of drug-likeness (QED) is 0.0355. The summed E-state index contributed by atoms with van der Waals surface area (Å²) in [6, 6.07) is 38.3. The molecule has 4 aromatic rings. The molecule has 0 bridgehead atoms. The molecular weight excluding hydrogens is 899 g/mol. The lowest BCUT2D eigenvalue weighted by molar-refractivity contribution is -0.351. The Morgan fingerprint density at radius 2 is 1.15 bits per heavy atom. The number of nitrogens with zero attached hydrogens (tertiary/aromatic N) is 3. The Bertz CT molecular complexity index is 2170. The minimum atomic E-state index is -3.25. The summed E-state index contributed by atoms with van der Waals surface area (Å²) in [5.41, 5.74) is 12.0. The zero-order chi connectivity index (χ0) is 48.6. The molecule has 3 saturated heterocycles. The van der Waals surface area contributed by atoms with Gasteiger partial charge in [-0.2, -0.15) is 0 Å². The minimum absolute atomic E-state index is 0.110. The van der Waals surface area contributed by atoms with E-state index in [1.807, 2.05) is 118 Å². The van der Waals surface area contributed by atoms with Gasteiger partial charge in [-0.25, -0.2) is 0 Å². The largest absolute Gasteiger partial charge is 0.405 e. The van der Waals surface area contributed by atoms with E-state index in [4.69, 9.17) is 57.2 Å². The van der Waals surface area contributed by atoms with Gasteiger partial charge in [0.05, 0.1) is 44.2 Å². The molecule has 0 amide bonds. The molecule has 0 spiro atoms. The standard InChI is InChI=1S/C50H64B2N3O11PSi/c1-31-32(2)62-49(42(57)43(31)58-28-35-20-12-8-13-21-35)65-45-39(30-60-68(50(5,6)7,37-24-16-10-17-25-37)38-26-18-11-19-27-38)63-48(40(54-55-53)46(45)66-67(51)52)64-44-34(4)61-33(3)41(56)47(44)59-29-36-22-14-9-15-23-36/h8-27,31-34,39-49,56-57H,28-30H2,1-7H3/t31?,32?,33-,34?,39?,40?,41?,42?,43+,44?,45+,46+,47-,48+,49-/m0/s1. The topological polar surface area (TPSA) is 172 Å². The lowest BCUT2D eigenvalue weighted by Gasteiger charge is -2.51. The Morgan fingerprint density at radius 1 is 0.632 bits per heavy atom. The SMILES string of the molecule is [B]P([B])O[C@@H]1C(N=[N+]=[N-])[C@@H](OC2C(C)O[C@@H](C)C(O)[C@@H]2OCc2ccccc2)OC(CO[Si](c2ccccc2)(c2ccccc2)C(C)(C)C)[C@H]1O[C@@H]1OC(C)C(C)[C@@H](OCc2ccccc2)C1O. The Hall–Kier alpha value is -3.47. The summed E-state index contributed by atoms with van der Waals surface area (Å²) in [6.45, 7) is 14.2. The molecule has 8 unspecified atom stereocenters. The fourth-order valence-corrected chi connectivity index (χ4v) is 14.8. The van der Waals surface area contributed by atoms with E-state index in [0.29, 0.717) is 0 Å². The molecule has 0 aliphatic carbocycles. The van der Waals surface area contributed by atoms with E-state index < -0.39 is 107 Å². The Labute approximate surface area is 405 Å². The van der Waals surface area contributed by atoms with E-state index in [2.05, 4.69) is 55.1 Å². The van der Waals surface area contributed by atoms with E-state index in [0.717, 1.165) is 21.5 Å². The molecule has 3 aliphatic heterocycles. The van der Waals surface area contributed by atoms with Crippen LogP contribution in [0.5, 0.6) is 0 Å². The molecule has 7 rings (SSSR count). The van der Waals surface area contributed by atoms with Crippen LogP contribution >= 0.6 is 7.91 Å². The maximum Gasteiger partial charge on any atom is 0.261 e. The van der Waals surface area contributed by atoms with Crippen molar-refractivity contribution in [2.75, 3.05) is 6.61 Å². The molecule has 3 heterocycles. The van der Waals surface area contributed by atoms with Crippen LogP contribution < -0.4 is 10.4 Å². The fraction of sp³-hybridized carbons (Fsp3) is 0.520. The van der Waals surface area contributed by atoms with Crippen LogP contribution in [-0.4, -0.2) is 126 Å². The molecule has 0 aromatic heterocycles. The van der Waals surface area contributed by atoms with Crippen molar-refractivity contribution in [2.45, 2.75) is 152 Å². The van der Waals surface area contributed by atoms with Crippen molar-refractivity contribution in [1.29, 1.82) is 0 Å². The highest BCUT2D eigenvalue weighted by Crippen LogP contribution is 2.42. The van der Waals surface area contributed by atoms with Gasteiger partial charge in [0.1, 0.15) is 63.9 Å². The van der Waals surface area contributed by atoms with Gasteiger partial charge in [-0.05, 0) is 52.8 Å². The van der Waals surface area contributed by atoms with E-state index in [1.165, 1.54) is 0 Å². The van der Waals surface area contributed by atoms with E-state index in [-0.39, 0.29) is 25.7 Å². The Balaban J connectivity index is 1.29. The van der Waals surface area contributed by atoms with Crippen molar-refractivity contribution in [3.63, 3.8) is 0 Å². The zero-order valence-electron chi connectivity index (χ0n) is 39.8. The fourth-order valence-electron chi connectivity index (χ4n) is 9.68. The summed E-state index contributed by atoms with van der Waals surface area (Å²) in [6.07, 6.45) is -12.8. The van der Waals surface area contributed by atoms with Gasteiger partial charge in [0, 0.05) is 10.8 Å². The number of aliphatic hydroxyl groups is 2. The van der Waals surface area contributed by atoms with Gasteiger partial charge in [-0.15, -0.1) is 0 Å². The van der Waals surface area contributed by atoms with Gasteiger partial charge in [-0.3, -0.25) is 0 Å². The smallest absolute Gasteiger partial charge is 0.261 e. The van der Waals surface area contributed by atoms with Crippen LogP contribution in [0.2, 0.25) is 5.04 Å². The molecule has 0 saturated carbocycles. The Morgan fingerprint density at radius 3 is 1.66 bits per heavy atom. The van der Waals surface area contributed by atoms with Gasteiger partial charge in [0.15, 0.2) is 12.6 Å². The predicted molar refractivity (Wildman–Crippen MR) is 264 cm³/mol. The number of azide groups is 1. The number of hydrogen-bond donors (Lipinski definition) is 2. The van der Waals surface area contributed by atoms with E-state index in [9.17, 15) is 15.7 Å². The highest BCUT2D eigenvalue weighted by atomic mass is 31.1. The second-order valence-corrected chi connectivity index (χ2v) is 24.2. The summed E-state index contributed by atoms with van der Waals surface area (Å²) < 4.78 is 60.2. The van der Waals surface area contributed by atoms with Gasteiger partial charge in [-0.1, -0.05) is 162 Å². The number of rotatable bonds is 18. The first-order valence-electron chi connectivity index (χ1n) is 23.3. The molecule has 15 atom stereocenters. The first-order valence-corrected chi connectivity index (χ1v) is 26.6. The molecular formula is C50H64B2N3O11PSi. The molecule has 2 N–H and O–H groups in total. The molecule has 3 aliphatic rings. The summed E-state index contributed by atoms with van der Waals surface area (Å²) in [5, 5.41) is 29.6. The maximum absolute atomic E-state index is 12.1. The average molecular weight is 964 g/mol. The number of aliphatic hydroxyl groups excluding tert-OH is 2. The van der Waals surface area contributed by atoms with Crippen molar-refractivity contribution in [3.8, 4) is 0 Å². The molecule has 4 radical (unpaired) electrons. The highest BCUT2D eigenvalue weighted by molar-refractivity contribution is 7.97. The first-order chi connectivity index (χ1) is 32.6. The molecule has 68 heavy (non-hydrogen) atoms. The van der Waals surface area contributed by atoms with Gasteiger partial charge in [0.25, 0.3) is 8.32 Å². The first kappa shape index (κ1) is 52.4. The van der Waals surface area contributed by atoms with Crippen molar-refractivity contribution in [1.82, 2.24) is 0 Å². The third kappa shape index (κ3) is 12.0. The number of hydrogen-bond acceptors (Lipinski definition) is 12. The highest BCUT2D eigenvalue weighted by Gasteiger charge is 2.56. The third-order valence-corrected chi connectivity index (χ3v) is 18.8. The van der Waals surface area contributed by atoms with Crippen molar-refractivity contribution in [2.24, 2.45) is 11.0 Å². The molecule has 18 heteroatoms. The second kappa shape index (κ2) is 23.6. The van der Waals surface area contributed by atoms with Crippen molar-refractivity contribution in [3.05, 3.63) is 143 Å². The van der Waals surface area contributed by atoms with Crippen LogP contribution in [0.25, 0.3) is 10.4 Å². The number of ether oxygens (including phenoxy) is 7. The molecule has 360 valence electrons. The van der Waals surface area contributed by atoms with Gasteiger partial charge < -0.3 is 52.3 Å². The number of benzene rings is 4. The Kier molecular flexibility index (Phi) is 18.2. The van der Waals surface area contributed by atoms with Crippen LogP contribution in [0.15, 0.2) is 126 Å². The zero-order valence-corrected chi connectivity index (χ0v) is 41.7. The van der Waals surface area contributed by atoms with E-state index in [1.54, 1.807) is 6.92 Å². The lowest BCUT2D eigenvalue weighted by Crippen LogP contribution is -2.69. The third-order valence-electron chi connectivity index (χ3n) is 13.3. The average Bonchev–Trinajstić information content (AvgIpc) is 3.32. The van der Waals surface area contributed by atoms with Crippen molar-refractivity contribution >= 4 is 41.7 Å². The summed E-state index contributed by atoms with van der Waals surface area (Å²) >= 11 is 0. The summed E-state index contributed by atoms with van der Waals surface area (Å²) in [5.74, 6) is -0.234. The van der Waals surface area contributed by atoms with Crippen LogP contribution in [0.3, 0.4) is 0 Å². The molecule has 14 nitrogen and oxygen atoms in total. The summed E-state index contributed by atoms with van der Waals surface area (Å²) in [7, 11) is 7.23. The predicted octanol–water partition coefficient (Wildman–Crippen LogP) is 6.77. The van der Waals surface area contributed by atoms with Gasteiger partial charge >= 0.3 is 0 Å². The van der Waals surface area contributed by atoms with Crippen LogP contribution in [0, 0.1) is 5.92 Å². The van der Waals surface area contributed by atoms with E-state index >= 15 is 0 Å².